The minimum atomic E-state index is -4.63. The van der Waals surface area contributed by atoms with Crippen molar-refractivity contribution < 1.29 is 23.1 Å². The topological polar surface area (TPSA) is 49.3 Å². The van der Waals surface area contributed by atoms with Crippen molar-refractivity contribution in [2.24, 2.45) is 5.92 Å². The molecule has 0 spiro atoms. The number of hydrogen-bond acceptors (Lipinski definition) is 2. The first kappa shape index (κ1) is 9.31. The van der Waals surface area contributed by atoms with Crippen LogP contribution in [0.15, 0.2) is 0 Å². The number of aliphatic hydroxyl groups is 1. The smallest absolute Gasteiger partial charge is 0.383 e. The Morgan fingerprint density at radius 2 is 2.17 bits per heavy atom. The van der Waals surface area contributed by atoms with Gasteiger partial charge in [0.15, 0.2) is 6.10 Å². The van der Waals surface area contributed by atoms with Crippen molar-refractivity contribution in [1.82, 2.24) is 5.32 Å². The van der Waals surface area contributed by atoms with Crippen molar-refractivity contribution in [3.63, 3.8) is 0 Å². The highest BCUT2D eigenvalue weighted by atomic mass is 19.4. The number of alkyl halides is 3. The van der Waals surface area contributed by atoms with Gasteiger partial charge in [-0.1, -0.05) is 0 Å². The van der Waals surface area contributed by atoms with E-state index in [0.717, 1.165) is 0 Å². The lowest BCUT2D eigenvalue weighted by atomic mass is 10.0. The van der Waals surface area contributed by atoms with E-state index in [9.17, 15) is 18.0 Å². The molecule has 1 aliphatic rings. The number of rotatable bonds is 1. The van der Waals surface area contributed by atoms with E-state index in [0.29, 0.717) is 0 Å². The molecule has 0 aromatic carbocycles. The van der Waals surface area contributed by atoms with Crippen LogP contribution in [0.1, 0.15) is 6.42 Å². The largest absolute Gasteiger partial charge is 0.414 e. The summed E-state index contributed by atoms with van der Waals surface area (Å²) in [6.45, 7) is -0.0977. The first-order chi connectivity index (χ1) is 5.41. The highest BCUT2D eigenvalue weighted by molar-refractivity contribution is 5.78. The van der Waals surface area contributed by atoms with Crippen LogP contribution in [0.3, 0.4) is 0 Å². The number of amides is 1. The van der Waals surface area contributed by atoms with Crippen molar-refractivity contribution >= 4 is 5.91 Å². The number of carbonyl (C=O) groups is 1. The van der Waals surface area contributed by atoms with E-state index in [1.165, 1.54) is 0 Å². The van der Waals surface area contributed by atoms with Gasteiger partial charge in [0.05, 0.1) is 0 Å². The van der Waals surface area contributed by atoms with Gasteiger partial charge in [-0.3, -0.25) is 4.79 Å². The molecule has 2 atom stereocenters. The van der Waals surface area contributed by atoms with Crippen LogP contribution in [0, 0.1) is 5.92 Å². The molecule has 2 N–H and O–H groups in total. The van der Waals surface area contributed by atoms with Gasteiger partial charge in [0.25, 0.3) is 0 Å². The van der Waals surface area contributed by atoms with Crippen LogP contribution in [-0.4, -0.2) is 29.8 Å². The molecule has 0 aliphatic carbocycles. The summed E-state index contributed by atoms with van der Waals surface area (Å²) in [6.07, 6.45) is -7.27. The molecule has 0 bridgehead atoms. The third-order valence-electron chi connectivity index (χ3n) is 1.79. The molecule has 0 saturated carbocycles. The number of carbonyl (C=O) groups excluding carboxylic acids is 1. The van der Waals surface area contributed by atoms with Crippen molar-refractivity contribution in [3.05, 3.63) is 0 Å². The molecule has 1 rings (SSSR count). The number of hydrogen-bond donors (Lipinski definition) is 2. The van der Waals surface area contributed by atoms with Gasteiger partial charge in [-0.2, -0.15) is 13.2 Å². The second-order valence-corrected chi connectivity index (χ2v) is 2.75. The third-order valence-corrected chi connectivity index (χ3v) is 1.79. The van der Waals surface area contributed by atoms with E-state index in [4.69, 9.17) is 5.11 Å². The summed E-state index contributed by atoms with van der Waals surface area (Å²) in [5.74, 6) is -1.47. The molecule has 1 heterocycles. The third kappa shape index (κ3) is 1.88. The zero-order chi connectivity index (χ0) is 9.35. The first-order valence-electron chi connectivity index (χ1n) is 3.42. The molecule has 0 aromatic heterocycles. The van der Waals surface area contributed by atoms with Gasteiger partial charge in [-0.25, -0.2) is 0 Å². The normalized spacial score (nSPS) is 27.0. The second-order valence-electron chi connectivity index (χ2n) is 2.75. The molecule has 1 amide bonds. The zero-order valence-electron chi connectivity index (χ0n) is 6.06. The fourth-order valence-corrected chi connectivity index (χ4v) is 1.12. The summed E-state index contributed by atoms with van der Waals surface area (Å²) < 4.78 is 35.5. The molecular formula is C6H8F3NO2. The molecule has 0 aromatic rings. The average molecular weight is 183 g/mol. The highest BCUT2D eigenvalue weighted by Crippen LogP contribution is 2.28. The van der Waals surface area contributed by atoms with Crippen molar-refractivity contribution in [3.8, 4) is 0 Å². The summed E-state index contributed by atoms with van der Waals surface area (Å²) in [5.41, 5.74) is 0. The van der Waals surface area contributed by atoms with Crippen LogP contribution in [0.5, 0.6) is 0 Å². The Morgan fingerprint density at radius 1 is 1.58 bits per heavy atom. The maximum absolute atomic E-state index is 11.8. The highest BCUT2D eigenvalue weighted by Gasteiger charge is 2.45. The van der Waals surface area contributed by atoms with E-state index < -0.39 is 24.1 Å². The Labute approximate surface area is 66.6 Å². The lowest BCUT2D eigenvalue weighted by Gasteiger charge is -2.18. The monoisotopic (exact) mass is 183 g/mol. The Kier molecular flexibility index (Phi) is 2.27. The molecule has 70 valence electrons. The van der Waals surface area contributed by atoms with Gasteiger partial charge in [0.1, 0.15) is 0 Å². The molecule has 1 unspecified atom stereocenters. The second kappa shape index (κ2) is 2.93. The van der Waals surface area contributed by atoms with Gasteiger partial charge in [0, 0.05) is 18.9 Å². The van der Waals surface area contributed by atoms with Crippen LogP contribution >= 0.6 is 0 Å². The SMILES string of the molecule is O=C1CC([C@@H](O)C(F)(F)F)CN1. The van der Waals surface area contributed by atoms with Gasteiger partial charge in [0.2, 0.25) is 5.91 Å². The standard InChI is InChI=1S/C6H8F3NO2/c7-6(8,9)5(12)3-1-4(11)10-2-3/h3,5,12H,1-2H2,(H,10,11)/t3?,5-/m1/s1. The van der Waals surface area contributed by atoms with E-state index in [2.05, 4.69) is 5.32 Å². The fourth-order valence-electron chi connectivity index (χ4n) is 1.12. The van der Waals surface area contributed by atoms with Gasteiger partial charge in [-0.15, -0.1) is 0 Å². The molecule has 0 radical (unpaired) electrons. The molecule has 3 nitrogen and oxygen atoms in total. The van der Waals surface area contributed by atoms with Crippen LogP contribution in [-0.2, 0) is 4.79 Å². The molecule has 1 aliphatic heterocycles. The molecule has 1 saturated heterocycles. The minimum Gasteiger partial charge on any atom is -0.383 e. The van der Waals surface area contributed by atoms with Gasteiger partial charge < -0.3 is 10.4 Å². The number of nitrogens with one attached hydrogen (secondary N) is 1. The van der Waals surface area contributed by atoms with E-state index in [1.807, 2.05) is 0 Å². The maximum Gasteiger partial charge on any atom is 0.414 e. The lowest BCUT2D eigenvalue weighted by molar-refractivity contribution is -0.217. The first-order valence-corrected chi connectivity index (χ1v) is 3.42. The van der Waals surface area contributed by atoms with Gasteiger partial charge in [-0.05, 0) is 0 Å². The van der Waals surface area contributed by atoms with Crippen LogP contribution in [0.25, 0.3) is 0 Å². The van der Waals surface area contributed by atoms with E-state index >= 15 is 0 Å². The van der Waals surface area contributed by atoms with Crippen LogP contribution in [0.4, 0.5) is 13.2 Å². The fraction of sp³-hybridized carbons (Fsp3) is 0.833. The number of halogens is 3. The summed E-state index contributed by atoms with van der Waals surface area (Å²) in [5, 5.41) is 10.9. The molecular weight excluding hydrogens is 175 g/mol. The molecule has 6 heteroatoms. The maximum atomic E-state index is 11.8. The Morgan fingerprint density at radius 3 is 2.50 bits per heavy atom. The quantitative estimate of drug-likeness (QED) is 0.603. The summed E-state index contributed by atoms with van der Waals surface area (Å²) in [6, 6.07) is 0. The zero-order valence-corrected chi connectivity index (χ0v) is 6.06. The van der Waals surface area contributed by atoms with Crippen LogP contribution < -0.4 is 5.32 Å². The average Bonchev–Trinajstić information content (AvgIpc) is 2.32. The molecule has 1 fully saturated rings. The summed E-state index contributed by atoms with van der Waals surface area (Å²) in [7, 11) is 0. The van der Waals surface area contributed by atoms with E-state index in [-0.39, 0.29) is 13.0 Å². The summed E-state index contributed by atoms with van der Waals surface area (Å²) >= 11 is 0. The Hall–Kier alpha value is -0.780. The van der Waals surface area contributed by atoms with Crippen molar-refractivity contribution in [2.75, 3.05) is 6.54 Å². The van der Waals surface area contributed by atoms with Crippen molar-refractivity contribution in [2.45, 2.75) is 18.7 Å². The number of aliphatic hydroxyl groups excluding tert-OH is 1. The summed E-state index contributed by atoms with van der Waals surface area (Å²) in [4.78, 5) is 10.5. The Bertz CT molecular complexity index is 192. The van der Waals surface area contributed by atoms with Gasteiger partial charge >= 0.3 is 6.18 Å². The van der Waals surface area contributed by atoms with E-state index in [1.54, 1.807) is 0 Å². The lowest BCUT2D eigenvalue weighted by Crippen LogP contribution is -2.36. The van der Waals surface area contributed by atoms with Crippen LogP contribution in [0.2, 0.25) is 0 Å². The predicted octanol–water partition coefficient (Wildman–Crippen LogP) is 0.0457. The minimum absolute atomic E-state index is 0.0977. The Balaban J connectivity index is 2.54. The molecule has 12 heavy (non-hydrogen) atoms. The van der Waals surface area contributed by atoms with Crippen molar-refractivity contribution in [1.29, 1.82) is 0 Å². The predicted molar refractivity (Wildman–Crippen MR) is 33.2 cm³/mol.